The average Bonchev–Trinajstić information content (AvgIpc) is 2.25. The summed E-state index contributed by atoms with van der Waals surface area (Å²) in [6.45, 7) is 1.48. The van der Waals surface area contributed by atoms with Gasteiger partial charge >= 0.3 is 0 Å². The first-order valence-electron chi connectivity index (χ1n) is 5.23. The van der Waals surface area contributed by atoms with Crippen LogP contribution in [0.15, 0.2) is 24.3 Å². The van der Waals surface area contributed by atoms with Crippen LogP contribution in [0.1, 0.15) is 36.7 Å². The topological polar surface area (TPSA) is 29.1 Å². The lowest BCUT2D eigenvalue weighted by atomic mass is 9.86. The van der Waals surface area contributed by atoms with Crippen LogP contribution in [-0.2, 0) is 4.79 Å². The van der Waals surface area contributed by atoms with E-state index in [0.717, 1.165) is 5.56 Å². The van der Waals surface area contributed by atoms with Crippen molar-refractivity contribution in [2.75, 3.05) is 0 Å². The van der Waals surface area contributed by atoms with Crippen LogP contribution >= 0.6 is 15.9 Å². The number of alkyl halides is 2. The largest absolute Gasteiger partial charge is 0.349 e. The van der Waals surface area contributed by atoms with Gasteiger partial charge in [-0.15, -0.1) is 0 Å². The third-order valence-corrected chi connectivity index (χ3v) is 3.66. The minimum Gasteiger partial charge on any atom is -0.349 e. The normalized spacial score (nSPS) is 28.3. The fraction of sp³-hybridized carbons (Fsp3) is 0.417. The van der Waals surface area contributed by atoms with Gasteiger partial charge < -0.3 is 5.32 Å². The molecule has 1 unspecified atom stereocenters. The highest BCUT2D eigenvalue weighted by molar-refractivity contribution is 9.09. The molecule has 0 saturated carbocycles. The van der Waals surface area contributed by atoms with E-state index < -0.39 is 6.17 Å². The number of carbonyl (C=O) groups is 1. The van der Waals surface area contributed by atoms with Gasteiger partial charge in [0.05, 0.1) is 10.9 Å². The second-order valence-electron chi connectivity index (χ2n) is 4.04. The number of rotatable bonds is 1. The van der Waals surface area contributed by atoms with Crippen molar-refractivity contribution in [1.82, 2.24) is 5.32 Å². The summed E-state index contributed by atoms with van der Waals surface area (Å²) in [6.07, 6.45) is -0.418. The Morgan fingerprint density at radius 1 is 1.44 bits per heavy atom. The lowest BCUT2D eigenvalue weighted by Crippen LogP contribution is -2.33. The Labute approximate surface area is 102 Å². The van der Waals surface area contributed by atoms with Gasteiger partial charge in [-0.25, -0.2) is 4.39 Å². The van der Waals surface area contributed by atoms with E-state index in [1.807, 2.05) is 18.2 Å². The highest BCUT2D eigenvalue weighted by atomic mass is 79.9. The number of fused-ring (bicyclic) bond motifs is 1. The van der Waals surface area contributed by atoms with E-state index in [0.29, 0.717) is 12.0 Å². The van der Waals surface area contributed by atoms with Gasteiger partial charge in [0, 0.05) is 6.92 Å². The lowest BCUT2D eigenvalue weighted by Gasteiger charge is -2.31. The number of benzene rings is 1. The molecule has 0 bridgehead atoms. The summed E-state index contributed by atoms with van der Waals surface area (Å²) in [4.78, 5) is 10.9. The fourth-order valence-corrected chi connectivity index (χ4v) is 2.79. The zero-order valence-corrected chi connectivity index (χ0v) is 10.5. The van der Waals surface area contributed by atoms with Gasteiger partial charge in [-0.2, -0.15) is 0 Å². The van der Waals surface area contributed by atoms with Crippen molar-refractivity contribution in [3.63, 3.8) is 0 Å². The quantitative estimate of drug-likeness (QED) is 0.790. The molecule has 0 saturated heterocycles. The molecule has 86 valence electrons. The second-order valence-corrected chi connectivity index (χ2v) is 5.21. The molecular formula is C12H13BrFNO. The molecule has 0 spiro atoms. The van der Waals surface area contributed by atoms with Gasteiger partial charge in [-0.05, 0) is 17.5 Å². The first-order chi connectivity index (χ1) is 7.59. The number of nitrogens with one attached hydrogen (secondary N) is 1. The third-order valence-electron chi connectivity index (χ3n) is 2.82. The minimum atomic E-state index is -0.999. The van der Waals surface area contributed by atoms with Crippen LogP contribution in [0.5, 0.6) is 0 Å². The van der Waals surface area contributed by atoms with Crippen molar-refractivity contribution in [3.8, 4) is 0 Å². The summed E-state index contributed by atoms with van der Waals surface area (Å²) in [5.74, 6) is -0.0863. The SMILES string of the molecule is CC(=O)NC1C[C@H](Br)[C@@H](F)c2ccccc21. The van der Waals surface area contributed by atoms with Crippen LogP contribution < -0.4 is 5.32 Å². The smallest absolute Gasteiger partial charge is 0.217 e. The summed E-state index contributed by atoms with van der Waals surface area (Å²) in [5, 5.41) is 2.85. The van der Waals surface area contributed by atoms with E-state index >= 15 is 0 Å². The van der Waals surface area contributed by atoms with Crippen molar-refractivity contribution < 1.29 is 9.18 Å². The van der Waals surface area contributed by atoms with Gasteiger partial charge in [-0.1, -0.05) is 40.2 Å². The van der Waals surface area contributed by atoms with Gasteiger partial charge in [0.25, 0.3) is 0 Å². The summed E-state index contributed by atoms with van der Waals surface area (Å²) in [5.41, 5.74) is 1.57. The van der Waals surface area contributed by atoms with Crippen LogP contribution in [0.3, 0.4) is 0 Å². The summed E-state index contributed by atoms with van der Waals surface area (Å²) >= 11 is 3.33. The van der Waals surface area contributed by atoms with E-state index in [1.54, 1.807) is 6.07 Å². The number of hydrogen-bond donors (Lipinski definition) is 1. The molecule has 1 aliphatic carbocycles. The maximum atomic E-state index is 13.9. The van der Waals surface area contributed by atoms with E-state index in [1.165, 1.54) is 6.92 Å². The van der Waals surface area contributed by atoms with Gasteiger partial charge in [0.15, 0.2) is 0 Å². The van der Waals surface area contributed by atoms with Gasteiger partial charge in [0.2, 0.25) is 5.91 Å². The molecule has 0 aromatic heterocycles. The van der Waals surface area contributed by atoms with Crippen LogP contribution in [0.25, 0.3) is 0 Å². The molecule has 1 aliphatic rings. The first kappa shape index (κ1) is 11.6. The Balaban J connectivity index is 2.36. The standard InChI is InChI=1S/C12H13BrFNO/c1-7(16)15-11-6-10(13)12(14)9-5-3-2-4-8(9)11/h2-5,10-12H,6H2,1H3,(H,15,16)/t10-,11?,12-/m0/s1. The van der Waals surface area contributed by atoms with Crippen molar-refractivity contribution >= 4 is 21.8 Å². The predicted molar refractivity (Wildman–Crippen MR) is 64.2 cm³/mol. The highest BCUT2D eigenvalue weighted by Gasteiger charge is 2.33. The van der Waals surface area contributed by atoms with Crippen molar-refractivity contribution in [1.29, 1.82) is 0 Å². The van der Waals surface area contributed by atoms with Crippen LogP contribution in [-0.4, -0.2) is 10.7 Å². The zero-order valence-electron chi connectivity index (χ0n) is 8.91. The van der Waals surface area contributed by atoms with Gasteiger partial charge in [0.1, 0.15) is 6.17 Å². The number of hydrogen-bond acceptors (Lipinski definition) is 1. The summed E-state index contributed by atoms with van der Waals surface area (Å²) in [6, 6.07) is 7.25. The Morgan fingerprint density at radius 3 is 2.69 bits per heavy atom. The molecule has 4 heteroatoms. The first-order valence-corrected chi connectivity index (χ1v) is 6.15. The summed E-state index contributed by atoms with van der Waals surface area (Å²) < 4.78 is 13.9. The van der Waals surface area contributed by atoms with E-state index in [9.17, 15) is 9.18 Å². The van der Waals surface area contributed by atoms with E-state index in [4.69, 9.17) is 0 Å². The highest BCUT2D eigenvalue weighted by Crippen LogP contribution is 2.41. The Bertz CT molecular complexity index is 410. The predicted octanol–water partition coefficient (Wildman–Crippen LogP) is 3.04. The maximum Gasteiger partial charge on any atom is 0.217 e. The molecule has 0 fully saturated rings. The van der Waals surface area contributed by atoms with E-state index in [-0.39, 0.29) is 16.8 Å². The van der Waals surface area contributed by atoms with Crippen LogP contribution in [0.2, 0.25) is 0 Å². The van der Waals surface area contributed by atoms with Gasteiger partial charge in [-0.3, -0.25) is 4.79 Å². The molecule has 2 rings (SSSR count). The Morgan fingerprint density at radius 2 is 2.06 bits per heavy atom. The van der Waals surface area contributed by atoms with Crippen molar-refractivity contribution in [2.45, 2.75) is 30.4 Å². The third kappa shape index (κ3) is 2.12. The molecule has 1 aromatic carbocycles. The fourth-order valence-electron chi connectivity index (χ4n) is 2.13. The summed E-state index contributed by atoms with van der Waals surface area (Å²) in [7, 11) is 0. The molecule has 0 radical (unpaired) electrons. The monoisotopic (exact) mass is 285 g/mol. The van der Waals surface area contributed by atoms with Crippen molar-refractivity contribution in [3.05, 3.63) is 35.4 Å². The molecule has 1 amide bonds. The molecule has 0 aliphatic heterocycles. The molecule has 0 heterocycles. The molecular weight excluding hydrogens is 273 g/mol. The molecule has 2 nitrogen and oxygen atoms in total. The number of carbonyl (C=O) groups excluding carboxylic acids is 1. The Hall–Kier alpha value is -0.900. The lowest BCUT2D eigenvalue weighted by molar-refractivity contribution is -0.119. The minimum absolute atomic E-state index is 0.0863. The number of halogens is 2. The average molecular weight is 286 g/mol. The molecule has 3 atom stereocenters. The van der Waals surface area contributed by atoms with Crippen LogP contribution in [0, 0.1) is 0 Å². The second kappa shape index (κ2) is 4.53. The zero-order chi connectivity index (χ0) is 11.7. The number of amides is 1. The maximum absolute atomic E-state index is 13.9. The molecule has 1 N–H and O–H groups in total. The molecule has 16 heavy (non-hydrogen) atoms. The van der Waals surface area contributed by atoms with E-state index in [2.05, 4.69) is 21.2 Å². The Kier molecular flexibility index (Phi) is 3.28. The van der Waals surface area contributed by atoms with Crippen LogP contribution in [0.4, 0.5) is 4.39 Å². The van der Waals surface area contributed by atoms with Crippen molar-refractivity contribution in [2.24, 2.45) is 0 Å². The molecule has 1 aromatic rings.